The topological polar surface area (TPSA) is 217 Å². The number of nitrogens with two attached hydrogens (primary N) is 1. The third-order valence-corrected chi connectivity index (χ3v) is 8.61. The second-order valence-electron chi connectivity index (χ2n) is 12.9. The van der Waals surface area contributed by atoms with Crippen molar-refractivity contribution in [1.29, 1.82) is 0 Å². The zero-order valence-electron chi connectivity index (χ0n) is 28.1. The molecule has 15 nitrogen and oxygen atoms in total. The van der Waals surface area contributed by atoms with Crippen molar-refractivity contribution in [2.45, 2.75) is 103 Å². The van der Waals surface area contributed by atoms with Crippen LogP contribution in [0.25, 0.3) is 0 Å². The molecule has 15 heteroatoms. The fourth-order valence-electron chi connectivity index (χ4n) is 6.15. The van der Waals surface area contributed by atoms with E-state index in [4.69, 9.17) is 10.6 Å². The maximum Gasteiger partial charge on any atom is 0.290 e. The van der Waals surface area contributed by atoms with Gasteiger partial charge >= 0.3 is 0 Å². The van der Waals surface area contributed by atoms with Gasteiger partial charge in [0.05, 0.1) is 12.6 Å². The number of primary amides is 1. The van der Waals surface area contributed by atoms with Crippen LogP contribution in [-0.4, -0.2) is 78.0 Å². The highest BCUT2D eigenvalue weighted by molar-refractivity contribution is 6.38. The molecule has 2 fully saturated rings. The van der Waals surface area contributed by atoms with Crippen molar-refractivity contribution in [2.75, 3.05) is 19.7 Å². The first-order valence-electron chi connectivity index (χ1n) is 16.9. The van der Waals surface area contributed by atoms with Gasteiger partial charge in [0, 0.05) is 6.54 Å². The number of carbonyl (C=O) groups excluding carboxylic acids is 6. The Morgan fingerprint density at radius 2 is 1.69 bits per heavy atom. The van der Waals surface area contributed by atoms with E-state index in [0.29, 0.717) is 31.4 Å². The van der Waals surface area contributed by atoms with E-state index in [1.165, 1.54) is 4.90 Å². The van der Waals surface area contributed by atoms with E-state index in [0.717, 1.165) is 32.1 Å². The Balaban J connectivity index is 1.63. The number of quaternary nitrogens is 1. The Kier molecular flexibility index (Phi) is 15.4. The van der Waals surface area contributed by atoms with Gasteiger partial charge in [0.25, 0.3) is 5.91 Å². The summed E-state index contributed by atoms with van der Waals surface area (Å²) in [7, 11) is 0. The Hall–Kier alpha value is -3.92. The first-order valence-corrected chi connectivity index (χ1v) is 16.9. The SMILES string of the molecule is CCCC(NC(=O)[C@@H]1CCCN1C(=O)C(N[NH+]([O-])OCC(C)C)C1CCCCC1)C(=O)C(=O)NCC(=O)NC(C(N)=O)c1ccccc1. The van der Waals surface area contributed by atoms with E-state index in [1.54, 1.807) is 37.3 Å². The van der Waals surface area contributed by atoms with Crippen molar-refractivity contribution >= 4 is 35.3 Å². The van der Waals surface area contributed by atoms with Crippen LogP contribution in [0.3, 0.4) is 0 Å². The molecule has 4 unspecified atom stereocenters. The normalized spacial score (nSPS) is 19.2. The van der Waals surface area contributed by atoms with Crippen LogP contribution < -0.4 is 32.4 Å². The van der Waals surface area contributed by atoms with Gasteiger partial charge in [-0.05, 0) is 49.5 Å². The van der Waals surface area contributed by atoms with Gasteiger partial charge in [0.2, 0.25) is 29.4 Å². The van der Waals surface area contributed by atoms with Crippen LogP contribution in [0.4, 0.5) is 0 Å². The lowest BCUT2D eigenvalue weighted by Gasteiger charge is -2.36. The molecule has 0 spiro atoms. The number of ketones is 1. The quantitative estimate of drug-likeness (QED) is 0.0891. The summed E-state index contributed by atoms with van der Waals surface area (Å²) in [6.07, 6.45) is 5.97. The average molecular weight is 674 g/mol. The molecule has 1 aromatic rings. The molecule has 1 saturated heterocycles. The summed E-state index contributed by atoms with van der Waals surface area (Å²) in [5.74, 6) is -4.48. The lowest BCUT2D eigenvalue weighted by molar-refractivity contribution is -1.09. The van der Waals surface area contributed by atoms with Crippen LogP contribution in [0.5, 0.6) is 0 Å². The fourth-order valence-corrected chi connectivity index (χ4v) is 6.15. The van der Waals surface area contributed by atoms with Crippen molar-refractivity contribution in [2.24, 2.45) is 17.6 Å². The lowest BCUT2D eigenvalue weighted by atomic mass is 9.83. The van der Waals surface area contributed by atoms with Crippen LogP contribution >= 0.6 is 0 Å². The number of benzene rings is 1. The summed E-state index contributed by atoms with van der Waals surface area (Å²) in [5, 5.41) is 19.3. The molecule has 1 aromatic carbocycles. The molecule has 266 valence electrons. The second kappa shape index (κ2) is 19.2. The number of carbonyl (C=O) groups is 6. The zero-order valence-corrected chi connectivity index (χ0v) is 28.1. The highest BCUT2D eigenvalue weighted by atomic mass is 16.9. The number of hydrogen-bond acceptors (Lipinski definition) is 9. The standard InChI is InChI=1S/C33H51N7O8/c1-4-12-24(29(42)32(45)35-19-26(41)37-27(30(34)43)22-13-7-5-8-14-22)36-31(44)25-17-11-18-39(25)33(46)28(23-15-9-6-10-16-23)38-40(47)48-20-21(2)3/h5,7-8,13-14,21,23-25,27-28,38,40H,4,6,9-12,15-20H2,1-3H3,(H2,34,43)(H,35,45)(H,36,44)(H,37,41)/t24?,25-,27?,28?/m0/s1. The minimum atomic E-state index is -1.19. The van der Waals surface area contributed by atoms with E-state index in [9.17, 15) is 34.0 Å². The van der Waals surface area contributed by atoms with E-state index < -0.39 is 65.5 Å². The average Bonchev–Trinajstić information content (AvgIpc) is 3.58. The molecule has 0 bridgehead atoms. The van der Waals surface area contributed by atoms with E-state index >= 15 is 0 Å². The number of amides is 5. The number of nitrogens with one attached hydrogen (secondary N) is 5. The Labute approximate surface area is 281 Å². The van der Waals surface area contributed by atoms with Gasteiger partial charge in [0.1, 0.15) is 24.7 Å². The molecule has 5 amide bonds. The molecule has 1 heterocycles. The molecule has 48 heavy (non-hydrogen) atoms. The maximum atomic E-state index is 13.9. The Morgan fingerprint density at radius 1 is 1.00 bits per heavy atom. The van der Waals surface area contributed by atoms with Crippen molar-refractivity contribution in [1.82, 2.24) is 26.3 Å². The van der Waals surface area contributed by atoms with E-state index in [1.807, 2.05) is 13.8 Å². The lowest BCUT2D eigenvalue weighted by Crippen LogP contribution is -3.15. The predicted molar refractivity (Wildman–Crippen MR) is 175 cm³/mol. The second-order valence-corrected chi connectivity index (χ2v) is 12.9. The van der Waals surface area contributed by atoms with Crippen LogP contribution in [0.1, 0.15) is 90.2 Å². The van der Waals surface area contributed by atoms with E-state index in [2.05, 4.69) is 21.4 Å². The molecular formula is C33H51N7O8. The van der Waals surface area contributed by atoms with Crippen LogP contribution in [-0.2, 0) is 33.6 Å². The van der Waals surface area contributed by atoms with Crippen molar-refractivity contribution in [3.05, 3.63) is 41.1 Å². The predicted octanol–water partition coefficient (Wildman–Crippen LogP) is -0.286. The highest BCUT2D eigenvalue weighted by Gasteiger charge is 2.42. The minimum absolute atomic E-state index is 0.0941. The number of hydrogen-bond donors (Lipinski definition) is 6. The minimum Gasteiger partial charge on any atom is -0.579 e. The van der Waals surface area contributed by atoms with Gasteiger partial charge in [-0.25, -0.2) is 0 Å². The van der Waals surface area contributed by atoms with Gasteiger partial charge in [0.15, 0.2) is 0 Å². The maximum absolute atomic E-state index is 13.9. The van der Waals surface area contributed by atoms with Crippen molar-refractivity contribution in [3.8, 4) is 0 Å². The molecule has 1 saturated carbocycles. The molecule has 3 rings (SSSR count). The fraction of sp³-hybridized carbons (Fsp3) is 0.636. The number of rotatable bonds is 18. The van der Waals surface area contributed by atoms with Crippen molar-refractivity contribution in [3.63, 3.8) is 0 Å². The number of Topliss-reactive ketones (excluding diaryl/α,β-unsaturated/α-hetero) is 1. The van der Waals surface area contributed by atoms with Gasteiger partial charge in [-0.2, -0.15) is 4.84 Å². The Morgan fingerprint density at radius 3 is 2.31 bits per heavy atom. The van der Waals surface area contributed by atoms with E-state index in [-0.39, 0.29) is 30.8 Å². The summed E-state index contributed by atoms with van der Waals surface area (Å²) in [6.45, 7) is 5.52. The Bertz CT molecular complexity index is 1260. The molecule has 2 aliphatic rings. The summed E-state index contributed by atoms with van der Waals surface area (Å²) in [6, 6.07) is 4.27. The third kappa shape index (κ3) is 11.4. The monoisotopic (exact) mass is 673 g/mol. The largest absolute Gasteiger partial charge is 0.579 e. The van der Waals surface area contributed by atoms with Gasteiger partial charge in [-0.1, -0.05) is 76.8 Å². The molecular weight excluding hydrogens is 622 g/mol. The molecule has 1 aliphatic heterocycles. The third-order valence-electron chi connectivity index (χ3n) is 8.61. The first kappa shape index (κ1) is 38.5. The van der Waals surface area contributed by atoms with Gasteiger partial charge in [-0.15, -0.1) is 10.8 Å². The van der Waals surface area contributed by atoms with Crippen molar-refractivity contribution < 1.29 is 38.9 Å². The summed E-state index contributed by atoms with van der Waals surface area (Å²) in [5.41, 5.74) is 8.66. The summed E-state index contributed by atoms with van der Waals surface area (Å²) in [4.78, 5) is 84.6. The molecule has 0 radical (unpaired) electrons. The van der Waals surface area contributed by atoms with Crippen LogP contribution in [0, 0.1) is 17.0 Å². The summed E-state index contributed by atoms with van der Waals surface area (Å²) < 4.78 is 0. The van der Waals surface area contributed by atoms with Crippen LogP contribution in [0.2, 0.25) is 0 Å². The smallest absolute Gasteiger partial charge is 0.290 e. The number of likely N-dealkylation sites (tertiary alicyclic amines) is 1. The van der Waals surface area contributed by atoms with Crippen LogP contribution in [0.15, 0.2) is 30.3 Å². The number of nitrogens with zero attached hydrogens (tertiary/aromatic N) is 1. The first-order chi connectivity index (χ1) is 22.9. The highest BCUT2D eigenvalue weighted by Crippen LogP contribution is 2.29. The molecule has 5 atom stereocenters. The zero-order chi connectivity index (χ0) is 35.2. The van der Waals surface area contributed by atoms with Gasteiger partial charge in [-0.3, -0.25) is 28.8 Å². The van der Waals surface area contributed by atoms with Gasteiger partial charge < -0.3 is 31.8 Å². The molecule has 1 aliphatic carbocycles. The summed E-state index contributed by atoms with van der Waals surface area (Å²) >= 11 is 0. The molecule has 0 aromatic heterocycles. The molecule has 7 N–H and O–H groups in total.